The van der Waals surface area contributed by atoms with Gasteiger partial charge in [0.2, 0.25) is 0 Å². The third-order valence-electron chi connectivity index (χ3n) is 2.98. The van der Waals surface area contributed by atoms with Crippen molar-refractivity contribution >= 4 is 5.69 Å². The van der Waals surface area contributed by atoms with Crippen LogP contribution in [0.15, 0.2) is 42.5 Å². The third kappa shape index (κ3) is 2.56. The summed E-state index contributed by atoms with van der Waals surface area (Å²) in [7, 11) is 3.98. The summed E-state index contributed by atoms with van der Waals surface area (Å²) in [6.45, 7) is 0. The van der Waals surface area contributed by atoms with Crippen molar-refractivity contribution in [3.63, 3.8) is 0 Å². The largest absolute Gasteiger partial charge is 0.378 e. The van der Waals surface area contributed by atoms with Crippen LogP contribution in [-0.4, -0.2) is 14.1 Å². The van der Waals surface area contributed by atoms with Gasteiger partial charge in [-0.05, 0) is 35.4 Å². The molecule has 19 heavy (non-hydrogen) atoms. The third-order valence-corrected chi connectivity index (χ3v) is 2.98. The van der Waals surface area contributed by atoms with Gasteiger partial charge in [-0.15, -0.1) is 0 Å². The highest BCUT2D eigenvalue weighted by molar-refractivity contribution is 5.69. The van der Waals surface area contributed by atoms with Gasteiger partial charge < -0.3 is 4.90 Å². The molecule has 3 nitrogen and oxygen atoms in total. The van der Waals surface area contributed by atoms with Crippen LogP contribution in [0, 0.1) is 22.7 Å². The molecule has 0 N–H and O–H groups in total. The van der Waals surface area contributed by atoms with Crippen molar-refractivity contribution in [1.82, 2.24) is 0 Å². The molecule has 0 amide bonds. The molecule has 0 atom stereocenters. The zero-order valence-corrected chi connectivity index (χ0v) is 10.9. The average molecular weight is 247 g/mol. The first-order valence-corrected chi connectivity index (χ1v) is 5.87. The first-order valence-electron chi connectivity index (χ1n) is 5.87. The van der Waals surface area contributed by atoms with Crippen LogP contribution in [0.3, 0.4) is 0 Å². The lowest BCUT2D eigenvalue weighted by atomic mass is 10.00. The Hall–Kier alpha value is -2.78. The maximum atomic E-state index is 9.03. The second-order valence-corrected chi connectivity index (χ2v) is 4.43. The number of anilines is 1. The lowest BCUT2D eigenvalue weighted by Gasteiger charge is -2.12. The second kappa shape index (κ2) is 5.25. The van der Waals surface area contributed by atoms with E-state index in [1.54, 1.807) is 12.1 Å². The van der Waals surface area contributed by atoms with Gasteiger partial charge in [-0.2, -0.15) is 10.5 Å². The Kier molecular flexibility index (Phi) is 3.50. The van der Waals surface area contributed by atoms with Crippen molar-refractivity contribution in [3.8, 4) is 23.3 Å². The van der Waals surface area contributed by atoms with Gasteiger partial charge in [0.15, 0.2) is 0 Å². The number of hydrogen-bond donors (Lipinski definition) is 0. The van der Waals surface area contributed by atoms with E-state index in [2.05, 4.69) is 6.07 Å². The Balaban J connectivity index is 2.43. The van der Waals surface area contributed by atoms with Gasteiger partial charge in [-0.3, -0.25) is 0 Å². The van der Waals surface area contributed by atoms with E-state index >= 15 is 0 Å². The number of nitriles is 2. The number of benzene rings is 2. The molecular weight excluding hydrogens is 234 g/mol. The number of nitrogens with zero attached hydrogens (tertiary/aromatic N) is 3. The van der Waals surface area contributed by atoms with Gasteiger partial charge in [0.25, 0.3) is 0 Å². The van der Waals surface area contributed by atoms with Crippen molar-refractivity contribution in [2.45, 2.75) is 0 Å². The van der Waals surface area contributed by atoms with Crippen molar-refractivity contribution in [2.75, 3.05) is 19.0 Å². The van der Waals surface area contributed by atoms with Gasteiger partial charge >= 0.3 is 0 Å². The molecule has 0 aliphatic carbocycles. The minimum absolute atomic E-state index is 0.413. The summed E-state index contributed by atoms with van der Waals surface area (Å²) in [5.41, 5.74) is 3.93. The normalized spacial score (nSPS) is 9.47. The minimum Gasteiger partial charge on any atom is -0.378 e. The van der Waals surface area contributed by atoms with Crippen LogP contribution in [0.4, 0.5) is 5.69 Å². The Labute approximate surface area is 112 Å². The SMILES string of the molecule is CN(C)c1ccc(-c2ccc(C#N)c(C#N)c2)cc1. The molecule has 3 heteroatoms. The maximum Gasteiger partial charge on any atom is 0.101 e. The van der Waals surface area contributed by atoms with Crippen LogP contribution >= 0.6 is 0 Å². The summed E-state index contributed by atoms with van der Waals surface area (Å²) in [4.78, 5) is 2.03. The van der Waals surface area contributed by atoms with E-state index in [1.165, 1.54) is 0 Å². The van der Waals surface area contributed by atoms with Gasteiger partial charge in [0, 0.05) is 19.8 Å². The predicted molar refractivity (Wildman–Crippen MR) is 75.6 cm³/mol. The van der Waals surface area contributed by atoms with E-state index in [0.29, 0.717) is 11.1 Å². The van der Waals surface area contributed by atoms with Crippen LogP contribution in [0.1, 0.15) is 11.1 Å². The van der Waals surface area contributed by atoms with Crippen molar-refractivity contribution in [1.29, 1.82) is 10.5 Å². The zero-order chi connectivity index (χ0) is 13.8. The molecule has 0 heterocycles. The van der Waals surface area contributed by atoms with E-state index in [1.807, 2.05) is 55.4 Å². The quantitative estimate of drug-likeness (QED) is 0.819. The van der Waals surface area contributed by atoms with Crippen LogP contribution in [0.25, 0.3) is 11.1 Å². The van der Waals surface area contributed by atoms with Crippen LogP contribution in [0.5, 0.6) is 0 Å². The van der Waals surface area contributed by atoms with Crippen LogP contribution in [0.2, 0.25) is 0 Å². The molecule has 0 aliphatic heterocycles. The molecule has 0 aliphatic rings. The van der Waals surface area contributed by atoms with E-state index < -0.39 is 0 Å². The molecule has 0 bridgehead atoms. The van der Waals surface area contributed by atoms with Crippen molar-refractivity contribution < 1.29 is 0 Å². The molecule has 92 valence electrons. The molecule has 0 aromatic heterocycles. The van der Waals surface area contributed by atoms with Crippen LogP contribution < -0.4 is 4.90 Å². The van der Waals surface area contributed by atoms with E-state index in [4.69, 9.17) is 10.5 Å². The highest BCUT2D eigenvalue weighted by Gasteiger charge is 2.05. The lowest BCUT2D eigenvalue weighted by molar-refractivity contribution is 1.13. The highest BCUT2D eigenvalue weighted by Crippen LogP contribution is 2.24. The molecule has 0 saturated heterocycles. The second-order valence-electron chi connectivity index (χ2n) is 4.43. The van der Waals surface area contributed by atoms with Gasteiger partial charge in [-0.1, -0.05) is 18.2 Å². The van der Waals surface area contributed by atoms with Crippen molar-refractivity contribution in [3.05, 3.63) is 53.6 Å². The zero-order valence-electron chi connectivity index (χ0n) is 10.9. The number of hydrogen-bond acceptors (Lipinski definition) is 3. The molecule has 0 saturated carbocycles. The summed E-state index contributed by atoms with van der Waals surface area (Å²) < 4.78 is 0. The topological polar surface area (TPSA) is 50.8 Å². The monoisotopic (exact) mass is 247 g/mol. The highest BCUT2D eigenvalue weighted by atomic mass is 15.1. The standard InChI is InChI=1S/C16H13N3/c1-19(2)16-7-5-12(6-8-16)13-3-4-14(10-17)15(9-13)11-18/h3-9H,1-2H3. The Bertz CT molecular complexity index is 671. The molecular formula is C16H13N3. The smallest absolute Gasteiger partial charge is 0.101 e. The summed E-state index contributed by atoms with van der Waals surface area (Å²) in [5, 5.41) is 17.9. The lowest BCUT2D eigenvalue weighted by Crippen LogP contribution is -2.07. The Morgan fingerprint density at radius 3 is 1.89 bits per heavy atom. The molecule has 2 aromatic rings. The van der Waals surface area contributed by atoms with Gasteiger partial charge in [0.1, 0.15) is 12.1 Å². The summed E-state index contributed by atoms with van der Waals surface area (Å²) >= 11 is 0. The average Bonchev–Trinajstić information content (AvgIpc) is 2.46. The number of rotatable bonds is 2. The van der Waals surface area contributed by atoms with Gasteiger partial charge in [0.05, 0.1) is 11.1 Å². The summed E-state index contributed by atoms with van der Waals surface area (Å²) in [6, 6.07) is 17.5. The molecule has 0 unspecified atom stereocenters. The minimum atomic E-state index is 0.413. The summed E-state index contributed by atoms with van der Waals surface area (Å²) in [6.07, 6.45) is 0. The fraction of sp³-hybridized carbons (Fsp3) is 0.125. The van der Waals surface area contributed by atoms with Crippen molar-refractivity contribution in [2.24, 2.45) is 0 Å². The molecule has 0 spiro atoms. The Morgan fingerprint density at radius 2 is 1.37 bits per heavy atom. The molecule has 2 aromatic carbocycles. The molecule has 2 rings (SSSR count). The molecule has 0 fully saturated rings. The first-order chi connectivity index (χ1) is 9.15. The summed E-state index contributed by atoms with van der Waals surface area (Å²) in [5.74, 6) is 0. The molecule has 0 radical (unpaired) electrons. The Morgan fingerprint density at radius 1 is 0.789 bits per heavy atom. The predicted octanol–water partition coefficient (Wildman–Crippen LogP) is 3.16. The fourth-order valence-electron chi connectivity index (χ4n) is 1.87. The van der Waals surface area contributed by atoms with E-state index in [9.17, 15) is 0 Å². The van der Waals surface area contributed by atoms with E-state index in [0.717, 1.165) is 16.8 Å². The maximum absolute atomic E-state index is 9.03. The van der Waals surface area contributed by atoms with Gasteiger partial charge in [-0.25, -0.2) is 0 Å². The first kappa shape index (κ1) is 12.7. The van der Waals surface area contributed by atoms with Crippen LogP contribution in [-0.2, 0) is 0 Å². The fourth-order valence-corrected chi connectivity index (χ4v) is 1.87. The van der Waals surface area contributed by atoms with E-state index in [-0.39, 0.29) is 0 Å².